The normalized spacial score (nSPS) is 10.8. The molecule has 0 aliphatic heterocycles. The number of methoxy groups -OCH3 is 1. The summed E-state index contributed by atoms with van der Waals surface area (Å²) in [5.41, 5.74) is 0.926. The molecule has 0 bridgehead atoms. The lowest BCUT2D eigenvalue weighted by molar-refractivity contribution is -0.111. The van der Waals surface area contributed by atoms with Gasteiger partial charge in [0.25, 0.3) is 0 Å². The lowest BCUT2D eigenvalue weighted by Gasteiger charge is -1.99. The summed E-state index contributed by atoms with van der Waals surface area (Å²) in [6.07, 6.45) is 5.11. The van der Waals surface area contributed by atoms with Gasteiger partial charge in [-0.05, 0) is 30.2 Å². The van der Waals surface area contributed by atoms with E-state index >= 15 is 0 Å². The molecule has 0 atom stereocenters. The third-order valence-corrected chi connectivity index (χ3v) is 3.60. The van der Waals surface area contributed by atoms with E-state index < -0.39 is 0 Å². The van der Waals surface area contributed by atoms with Crippen molar-refractivity contribution in [3.05, 3.63) is 40.9 Å². The van der Waals surface area contributed by atoms with Crippen LogP contribution in [0.5, 0.6) is 5.75 Å². The van der Waals surface area contributed by atoms with E-state index in [0.717, 1.165) is 29.2 Å². The van der Waals surface area contributed by atoms with Crippen molar-refractivity contribution < 1.29 is 9.53 Å². The molecule has 6 heteroatoms. The molecule has 0 saturated heterocycles. The Labute approximate surface area is 127 Å². The number of hydrogen-bond donors (Lipinski definition) is 1. The molecule has 0 spiro atoms. The molecule has 1 heterocycles. The molecule has 2 rings (SSSR count). The van der Waals surface area contributed by atoms with Crippen molar-refractivity contribution in [3.63, 3.8) is 0 Å². The maximum absolute atomic E-state index is 11.8. The highest BCUT2D eigenvalue weighted by atomic mass is 32.1. The predicted octanol–water partition coefficient (Wildman–Crippen LogP) is 3.15. The van der Waals surface area contributed by atoms with Gasteiger partial charge in [0.05, 0.1) is 7.11 Å². The van der Waals surface area contributed by atoms with E-state index in [9.17, 15) is 4.79 Å². The number of hydrogen-bond acceptors (Lipinski definition) is 5. The first-order chi connectivity index (χ1) is 10.2. The average molecular weight is 303 g/mol. The van der Waals surface area contributed by atoms with Crippen molar-refractivity contribution in [2.24, 2.45) is 0 Å². The molecule has 2 aromatic rings. The van der Waals surface area contributed by atoms with Crippen molar-refractivity contribution in [1.82, 2.24) is 10.2 Å². The van der Waals surface area contributed by atoms with Crippen LogP contribution in [-0.2, 0) is 11.2 Å². The zero-order valence-electron chi connectivity index (χ0n) is 12.0. The summed E-state index contributed by atoms with van der Waals surface area (Å²) in [6, 6.07) is 7.46. The number of carbonyl (C=O) groups excluding carboxylic acids is 1. The lowest BCUT2D eigenvalue weighted by Crippen LogP contribution is -2.07. The number of benzene rings is 1. The molecule has 21 heavy (non-hydrogen) atoms. The molecule has 0 aliphatic carbocycles. The van der Waals surface area contributed by atoms with Crippen molar-refractivity contribution in [1.29, 1.82) is 0 Å². The van der Waals surface area contributed by atoms with Gasteiger partial charge in [0, 0.05) is 12.5 Å². The summed E-state index contributed by atoms with van der Waals surface area (Å²) < 4.78 is 5.08. The third kappa shape index (κ3) is 4.68. The highest BCUT2D eigenvalue weighted by molar-refractivity contribution is 7.15. The number of aryl methyl sites for hydroxylation is 1. The largest absolute Gasteiger partial charge is 0.497 e. The zero-order chi connectivity index (χ0) is 15.1. The monoisotopic (exact) mass is 303 g/mol. The molecule has 0 aliphatic rings. The van der Waals surface area contributed by atoms with Crippen molar-refractivity contribution in [2.75, 3.05) is 12.4 Å². The molecule has 1 N–H and O–H groups in total. The SMILES string of the molecule is CCCc1nnc(NC(=O)/C=C/c2ccc(OC)cc2)s1. The Morgan fingerprint density at radius 3 is 2.76 bits per heavy atom. The van der Waals surface area contributed by atoms with Crippen LogP contribution in [0.15, 0.2) is 30.3 Å². The van der Waals surface area contributed by atoms with Crippen LogP contribution in [0, 0.1) is 0 Å². The van der Waals surface area contributed by atoms with Gasteiger partial charge in [0.2, 0.25) is 11.0 Å². The maximum atomic E-state index is 11.8. The number of aromatic nitrogens is 2. The fourth-order valence-corrected chi connectivity index (χ4v) is 2.50. The summed E-state index contributed by atoms with van der Waals surface area (Å²) in [5.74, 6) is 0.568. The highest BCUT2D eigenvalue weighted by Crippen LogP contribution is 2.16. The minimum absolute atomic E-state index is 0.218. The second-order valence-electron chi connectivity index (χ2n) is 4.35. The Balaban J connectivity index is 1.91. The summed E-state index contributed by atoms with van der Waals surface area (Å²) in [5, 5.41) is 12.1. The molecule has 0 radical (unpaired) electrons. The Bertz CT molecular complexity index is 620. The Kier molecular flexibility index (Phi) is 5.45. The fraction of sp³-hybridized carbons (Fsp3) is 0.267. The molecular weight excluding hydrogens is 286 g/mol. The standard InChI is InChI=1S/C15H17N3O2S/c1-3-4-14-17-18-15(21-14)16-13(19)10-7-11-5-8-12(20-2)9-6-11/h5-10H,3-4H2,1-2H3,(H,16,18,19)/b10-7+. The van der Waals surface area contributed by atoms with Crippen LogP contribution in [0.2, 0.25) is 0 Å². The number of anilines is 1. The molecule has 1 aromatic carbocycles. The van der Waals surface area contributed by atoms with Crippen LogP contribution in [-0.4, -0.2) is 23.2 Å². The van der Waals surface area contributed by atoms with E-state index in [-0.39, 0.29) is 5.91 Å². The second-order valence-corrected chi connectivity index (χ2v) is 5.41. The average Bonchev–Trinajstić information content (AvgIpc) is 2.93. The van der Waals surface area contributed by atoms with Gasteiger partial charge in [-0.15, -0.1) is 10.2 Å². The number of nitrogens with zero attached hydrogens (tertiary/aromatic N) is 2. The summed E-state index contributed by atoms with van der Waals surface area (Å²) in [6.45, 7) is 2.08. The molecule has 1 amide bonds. The van der Waals surface area contributed by atoms with Gasteiger partial charge < -0.3 is 4.74 Å². The van der Waals surface area contributed by atoms with Gasteiger partial charge in [-0.1, -0.05) is 30.4 Å². The summed E-state index contributed by atoms with van der Waals surface area (Å²) in [7, 11) is 1.62. The molecule has 1 aromatic heterocycles. The molecule has 0 unspecified atom stereocenters. The van der Waals surface area contributed by atoms with Crippen LogP contribution in [0.3, 0.4) is 0 Å². The molecule has 5 nitrogen and oxygen atoms in total. The number of nitrogens with one attached hydrogen (secondary N) is 1. The van der Waals surface area contributed by atoms with Gasteiger partial charge in [0.1, 0.15) is 10.8 Å². The van der Waals surface area contributed by atoms with Gasteiger partial charge >= 0.3 is 0 Å². The first kappa shape index (κ1) is 15.2. The van der Waals surface area contributed by atoms with E-state index in [1.165, 1.54) is 17.4 Å². The van der Waals surface area contributed by atoms with Gasteiger partial charge in [-0.3, -0.25) is 10.1 Å². The topological polar surface area (TPSA) is 64.1 Å². The summed E-state index contributed by atoms with van der Waals surface area (Å²) in [4.78, 5) is 11.8. The van der Waals surface area contributed by atoms with Crippen LogP contribution in [0.25, 0.3) is 6.08 Å². The van der Waals surface area contributed by atoms with Crippen molar-refractivity contribution >= 4 is 28.5 Å². The van der Waals surface area contributed by atoms with E-state index in [1.54, 1.807) is 13.2 Å². The second kappa shape index (κ2) is 7.54. The van der Waals surface area contributed by atoms with Gasteiger partial charge in [-0.25, -0.2) is 0 Å². The quantitative estimate of drug-likeness (QED) is 0.833. The summed E-state index contributed by atoms with van der Waals surface area (Å²) >= 11 is 1.41. The van der Waals surface area contributed by atoms with E-state index in [4.69, 9.17) is 4.74 Å². The molecule has 0 saturated carbocycles. The minimum atomic E-state index is -0.218. The van der Waals surface area contributed by atoms with E-state index in [0.29, 0.717) is 5.13 Å². The van der Waals surface area contributed by atoms with Crippen LogP contribution in [0.1, 0.15) is 23.9 Å². The third-order valence-electron chi connectivity index (χ3n) is 2.70. The Morgan fingerprint density at radius 2 is 2.10 bits per heavy atom. The molecule has 110 valence electrons. The highest BCUT2D eigenvalue weighted by Gasteiger charge is 2.05. The molecule has 0 fully saturated rings. The zero-order valence-corrected chi connectivity index (χ0v) is 12.8. The van der Waals surface area contributed by atoms with Gasteiger partial charge in [-0.2, -0.15) is 0 Å². The van der Waals surface area contributed by atoms with Crippen LogP contribution in [0.4, 0.5) is 5.13 Å². The number of carbonyl (C=O) groups is 1. The van der Waals surface area contributed by atoms with Crippen LogP contribution < -0.4 is 10.1 Å². The fourth-order valence-electron chi connectivity index (χ4n) is 1.65. The predicted molar refractivity (Wildman–Crippen MR) is 84.6 cm³/mol. The van der Waals surface area contributed by atoms with Crippen LogP contribution >= 0.6 is 11.3 Å². The Morgan fingerprint density at radius 1 is 1.33 bits per heavy atom. The van der Waals surface area contributed by atoms with Crippen molar-refractivity contribution in [3.8, 4) is 5.75 Å². The smallest absolute Gasteiger partial charge is 0.250 e. The van der Waals surface area contributed by atoms with E-state index in [2.05, 4.69) is 22.4 Å². The van der Waals surface area contributed by atoms with E-state index in [1.807, 2.05) is 24.3 Å². The minimum Gasteiger partial charge on any atom is -0.497 e. The number of rotatable bonds is 6. The van der Waals surface area contributed by atoms with Crippen molar-refractivity contribution in [2.45, 2.75) is 19.8 Å². The lowest BCUT2D eigenvalue weighted by atomic mass is 10.2. The first-order valence-corrected chi connectivity index (χ1v) is 7.48. The number of ether oxygens (including phenoxy) is 1. The first-order valence-electron chi connectivity index (χ1n) is 6.66. The maximum Gasteiger partial charge on any atom is 0.250 e. The van der Waals surface area contributed by atoms with Gasteiger partial charge in [0.15, 0.2) is 0 Å². The molecular formula is C15H17N3O2S. The Hall–Kier alpha value is -2.21. The number of amides is 1.